The number of hydrogen-bond donors (Lipinski definition) is 1. The number of furan rings is 1. The second-order valence-electron chi connectivity index (χ2n) is 3.25. The van der Waals surface area contributed by atoms with Gasteiger partial charge in [0.05, 0.1) is 11.3 Å². The number of Topliss-reactive ketones (excluding diaryl/α,β-unsaturated/α-hetero) is 1. The molecule has 0 unspecified atom stereocenters. The fourth-order valence-corrected chi connectivity index (χ4v) is 1.72. The zero-order chi connectivity index (χ0) is 10.8. The molecule has 2 N–H and O–H groups in total. The van der Waals surface area contributed by atoms with Gasteiger partial charge in [-0.25, -0.2) is 0 Å². The second-order valence-corrected chi connectivity index (χ2v) is 3.66. The SMILES string of the molecule is NCCC(=O)c1cc2ccoc2cc1Cl. The maximum Gasteiger partial charge on any atom is 0.165 e. The predicted octanol–water partition coefficient (Wildman–Crippen LogP) is 2.62. The van der Waals surface area contributed by atoms with Gasteiger partial charge in [-0.3, -0.25) is 4.79 Å². The number of halogens is 1. The van der Waals surface area contributed by atoms with Gasteiger partial charge < -0.3 is 10.2 Å². The molecule has 0 aliphatic heterocycles. The third-order valence-corrected chi connectivity index (χ3v) is 2.53. The minimum atomic E-state index is -0.0365. The quantitative estimate of drug-likeness (QED) is 0.814. The molecule has 15 heavy (non-hydrogen) atoms. The minimum Gasteiger partial charge on any atom is -0.464 e. The number of nitrogens with two attached hydrogens (primary N) is 1. The lowest BCUT2D eigenvalue weighted by atomic mass is 10.1. The molecule has 1 aromatic heterocycles. The van der Waals surface area contributed by atoms with Crippen LogP contribution in [0.5, 0.6) is 0 Å². The van der Waals surface area contributed by atoms with E-state index in [0.29, 0.717) is 29.1 Å². The van der Waals surface area contributed by atoms with Gasteiger partial charge in [0, 0.05) is 23.4 Å². The van der Waals surface area contributed by atoms with Crippen LogP contribution in [0, 0.1) is 0 Å². The van der Waals surface area contributed by atoms with Crippen LogP contribution >= 0.6 is 11.6 Å². The summed E-state index contributed by atoms with van der Waals surface area (Å²) in [7, 11) is 0. The molecule has 0 fully saturated rings. The smallest absolute Gasteiger partial charge is 0.165 e. The second kappa shape index (κ2) is 4.04. The summed E-state index contributed by atoms with van der Waals surface area (Å²) in [5.41, 5.74) is 6.52. The molecule has 78 valence electrons. The highest BCUT2D eigenvalue weighted by molar-refractivity contribution is 6.34. The van der Waals surface area contributed by atoms with Gasteiger partial charge in [-0.2, -0.15) is 0 Å². The number of fused-ring (bicyclic) bond motifs is 1. The Bertz CT molecular complexity index is 504. The van der Waals surface area contributed by atoms with E-state index >= 15 is 0 Å². The fraction of sp³-hybridized carbons (Fsp3) is 0.182. The highest BCUT2D eigenvalue weighted by Crippen LogP contribution is 2.25. The van der Waals surface area contributed by atoms with Gasteiger partial charge in [-0.15, -0.1) is 0 Å². The predicted molar refractivity (Wildman–Crippen MR) is 59.2 cm³/mol. The van der Waals surface area contributed by atoms with E-state index < -0.39 is 0 Å². The largest absolute Gasteiger partial charge is 0.464 e. The Kier molecular flexibility index (Phi) is 2.75. The third kappa shape index (κ3) is 1.89. The van der Waals surface area contributed by atoms with Gasteiger partial charge in [-0.05, 0) is 18.7 Å². The van der Waals surface area contributed by atoms with Crippen LogP contribution in [0.4, 0.5) is 0 Å². The van der Waals surface area contributed by atoms with Crippen LogP contribution in [0.1, 0.15) is 16.8 Å². The Labute approximate surface area is 91.8 Å². The van der Waals surface area contributed by atoms with E-state index in [1.807, 2.05) is 0 Å². The van der Waals surface area contributed by atoms with E-state index in [2.05, 4.69) is 0 Å². The number of carbonyl (C=O) groups is 1. The summed E-state index contributed by atoms with van der Waals surface area (Å²) in [6.07, 6.45) is 1.88. The first-order chi connectivity index (χ1) is 7.22. The van der Waals surface area contributed by atoms with Crippen LogP contribution < -0.4 is 5.73 Å². The molecular formula is C11H10ClNO2. The minimum absolute atomic E-state index is 0.0365. The van der Waals surface area contributed by atoms with Crippen molar-refractivity contribution in [3.05, 3.63) is 35.0 Å². The molecule has 0 aliphatic rings. The van der Waals surface area contributed by atoms with Crippen molar-refractivity contribution in [3.63, 3.8) is 0 Å². The summed E-state index contributed by atoms with van der Waals surface area (Å²) in [4.78, 5) is 11.6. The maximum absolute atomic E-state index is 11.6. The van der Waals surface area contributed by atoms with Crippen molar-refractivity contribution in [2.24, 2.45) is 5.73 Å². The van der Waals surface area contributed by atoms with Crippen LogP contribution in [0.2, 0.25) is 5.02 Å². The first kappa shape index (κ1) is 10.2. The van der Waals surface area contributed by atoms with E-state index in [4.69, 9.17) is 21.8 Å². The zero-order valence-electron chi connectivity index (χ0n) is 8.00. The molecule has 4 heteroatoms. The lowest BCUT2D eigenvalue weighted by Crippen LogP contribution is -2.08. The number of hydrogen-bond acceptors (Lipinski definition) is 3. The Morgan fingerprint density at radius 3 is 3.00 bits per heavy atom. The third-order valence-electron chi connectivity index (χ3n) is 2.21. The molecule has 0 aliphatic carbocycles. The van der Waals surface area contributed by atoms with Crippen LogP contribution in [0.15, 0.2) is 28.9 Å². The number of carbonyl (C=O) groups excluding carboxylic acids is 1. The summed E-state index contributed by atoms with van der Waals surface area (Å²) < 4.78 is 5.17. The van der Waals surface area contributed by atoms with E-state index in [9.17, 15) is 4.79 Å². The Balaban J connectivity index is 2.50. The molecular weight excluding hydrogens is 214 g/mol. The summed E-state index contributed by atoms with van der Waals surface area (Å²) in [5.74, 6) is -0.0365. The van der Waals surface area contributed by atoms with Gasteiger partial charge >= 0.3 is 0 Å². The lowest BCUT2D eigenvalue weighted by molar-refractivity contribution is 0.0986. The zero-order valence-corrected chi connectivity index (χ0v) is 8.75. The van der Waals surface area contributed by atoms with Gasteiger partial charge in [0.25, 0.3) is 0 Å². The van der Waals surface area contributed by atoms with Crippen LogP contribution in [-0.4, -0.2) is 12.3 Å². The van der Waals surface area contributed by atoms with Crippen molar-refractivity contribution in [2.45, 2.75) is 6.42 Å². The van der Waals surface area contributed by atoms with E-state index in [1.54, 1.807) is 24.5 Å². The van der Waals surface area contributed by atoms with Crippen LogP contribution in [-0.2, 0) is 0 Å². The first-order valence-corrected chi connectivity index (χ1v) is 5.00. The van der Waals surface area contributed by atoms with Gasteiger partial charge in [0.15, 0.2) is 5.78 Å². The van der Waals surface area contributed by atoms with Crippen LogP contribution in [0.3, 0.4) is 0 Å². The first-order valence-electron chi connectivity index (χ1n) is 4.62. The normalized spacial score (nSPS) is 10.8. The highest BCUT2D eigenvalue weighted by Gasteiger charge is 2.11. The molecule has 0 radical (unpaired) electrons. The number of ketones is 1. The molecule has 2 aromatic rings. The van der Waals surface area contributed by atoms with Crippen LogP contribution in [0.25, 0.3) is 11.0 Å². The summed E-state index contributed by atoms with van der Waals surface area (Å²) >= 11 is 5.97. The molecule has 3 nitrogen and oxygen atoms in total. The summed E-state index contributed by atoms with van der Waals surface area (Å²) in [6.45, 7) is 0.332. The van der Waals surface area contributed by atoms with E-state index in [-0.39, 0.29) is 5.78 Å². The molecule has 1 heterocycles. The molecule has 0 bridgehead atoms. The number of benzene rings is 1. The average molecular weight is 224 g/mol. The number of rotatable bonds is 3. The van der Waals surface area contributed by atoms with Crippen molar-refractivity contribution in [3.8, 4) is 0 Å². The van der Waals surface area contributed by atoms with Crippen molar-refractivity contribution in [2.75, 3.05) is 6.54 Å². The molecule has 1 aromatic carbocycles. The van der Waals surface area contributed by atoms with Gasteiger partial charge in [-0.1, -0.05) is 11.6 Å². The molecule has 0 spiro atoms. The Hall–Kier alpha value is -1.32. The summed E-state index contributed by atoms with van der Waals surface area (Å²) in [6, 6.07) is 5.19. The monoisotopic (exact) mass is 223 g/mol. The molecule has 2 rings (SSSR count). The van der Waals surface area contributed by atoms with Crippen molar-refractivity contribution in [1.29, 1.82) is 0 Å². The standard InChI is InChI=1S/C11H10ClNO2/c12-9-6-11-7(2-4-15-11)5-8(9)10(14)1-3-13/h2,4-6H,1,3,13H2. The van der Waals surface area contributed by atoms with Gasteiger partial charge in [0.1, 0.15) is 5.58 Å². The van der Waals surface area contributed by atoms with Crippen molar-refractivity contribution in [1.82, 2.24) is 0 Å². The Morgan fingerprint density at radius 2 is 2.27 bits per heavy atom. The van der Waals surface area contributed by atoms with Crippen molar-refractivity contribution >= 4 is 28.4 Å². The average Bonchev–Trinajstić information content (AvgIpc) is 2.63. The summed E-state index contributed by atoms with van der Waals surface area (Å²) in [5, 5.41) is 1.29. The molecule has 0 atom stereocenters. The molecule has 0 saturated carbocycles. The fourth-order valence-electron chi connectivity index (χ4n) is 1.46. The molecule has 0 amide bonds. The van der Waals surface area contributed by atoms with E-state index in [1.165, 1.54) is 0 Å². The molecule has 0 saturated heterocycles. The topological polar surface area (TPSA) is 56.2 Å². The Morgan fingerprint density at radius 1 is 1.47 bits per heavy atom. The maximum atomic E-state index is 11.6. The van der Waals surface area contributed by atoms with Crippen molar-refractivity contribution < 1.29 is 9.21 Å². The lowest BCUT2D eigenvalue weighted by Gasteiger charge is -2.02. The van der Waals surface area contributed by atoms with Gasteiger partial charge in [0.2, 0.25) is 0 Å². The van der Waals surface area contributed by atoms with E-state index in [0.717, 1.165) is 5.39 Å². The highest BCUT2D eigenvalue weighted by atomic mass is 35.5.